The van der Waals surface area contributed by atoms with Crippen molar-refractivity contribution in [3.63, 3.8) is 0 Å². The van der Waals surface area contributed by atoms with E-state index in [9.17, 15) is 4.79 Å². The number of hydrogen-bond donors (Lipinski definition) is 2. The molecule has 0 aliphatic rings. The third kappa shape index (κ3) is 4.68. The fraction of sp³-hybridized carbons (Fsp3) is 0.227. The van der Waals surface area contributed by atoms with Gasteiger partial charge in [-0.3, -0.25) is 9.48 Å². The van der Waals surface area contributed by atoms with Crippen LogP contribution < -0.4 is 5.32 Å². The summed E-state index contributed by atoms with van der Waals surface area (Å²) >= 11 is 7.37. The number of fused-ring (bicyclic) bond motifs is 1. The minimum absolute atomic E-state index is 0.0481. The Kier molecular flexibility index (Phi) is 6.11. The first-order valence-electron chi connectivity index (χ1n) is 9.61. The monoisotopic (exact) mass is 439 g/mol. The summed E-state index contributed by atoms with van der Waals surface area (Å²) in [5.74, 6) is 0.233. The number of imidazole rings is 1. The molecule has 2 N–H and O–H groups in total. The van der Waals surface area contributed by atoms with E-state index in [-0.39, 0.29) is 11.7 Å². The van der Waals surface area contributed by atoms with E-state index in [1.165, 1.54) is 17.3 Å². The van der Waals surface area contributed by atoms with Gasteiger partial charge in [-0.1, -0.05) is 53.7 Å². The van der Waals surface area contributed by atoms with Gasteiger partial charge in [-0.15, -0.1) is 0 Å². The van der Waals surface area contributed by atoms with Gasteiger partial charge in [0.1, 0.15) is 0 Å². The van der Waals surface area contributed by atoms with E-state index >= 15 is 0 Å². The molecule has 2 aromatic carbocycles. The summed E-state index contributed by atoms with van der Waals surface area (Å²) in [6.45, 7) is 5.19. The van der Waals surface area contributed by atoms with Gasteiger partial charge >= 0.3 is 0 Å². The Morgan fingerprint density at radius 2 is 2.00 bits per heavy atom. The third-order valence-corrected chi connectivity index (χ3v) is 6.04. The van der Waals surface area contributed by atoms with Crippen LogP contribution in [-0.2, 0) is 17.9 Å². The molecule has 1 amide bonds. The zero-order chi connectivity index (χ0) is 21.1. The molecule has 2 heterocycles. The van der Waals surface area contributed by atoms with Gasteiger partial charge < -0.3 is 10.3 Å². The normalized spacial score (nSPS) is 11.2. The van der Waals surface area contributed by atoms with Crippen LogP contribution in [0.2, 0.25) is 5.02 Å². The molecule has 0 fully saturated rings. The molecule has 30 heavy (non-hydrogen) atoms. The van der Waals surface area contributed by atoms with Gasteiger partial charge in [-0.2, -0.15) is 5.10 Å². The van der Waals surface area contributed by atoms with Gasteiger partial charge in [-0.25, -0.2) is 4.98 Å². The van der Waals surface area contributed by atoms with Crippen molar-refractivity contribution in [3.8, 4) is 0 Å². The summed E-state index contributed by atoms with van der Waals surface area (Å²) in [4.78, 5) is 20.0. The lowest BCUT2D eigenvalue weighted by Gasteiger charge is -2.07. The fourth-order valence-electron chi connectivity index (χ4n) is 3.30. The van der Waals surface area contributed by atoms with Gasteiger partial charge in [-0.05, 0) is 37.6 Å². The van der Waals surface area contributed by atoms with Crippen LogP contribution in [0.1, 0.15) is 22.5 Å². The Morgan fingerprint density at radius 1 is 1.20 bits per heavy atom. The minimum atomic E-state index is -0.0481. The Hall–Kier alpha value is -2.77. The highest BCUT2D eigenvalue weighted by atomic mass is 35.5. The molecule has 0 atom stereocenters. The topological polar surface area (TPSA) is 75.6 Å². The molecule has 2 aromatic heterocycles. The van der Waals surface area contributed by atoms with Crippen LogP contribution in [0.3, 0.4) is 0 Å². The largest absolute Gasteiger partial charge is 0.351 e. The van der Waals surface area contributed by atoms with Crippen molar-refractivity contribution < 1.29 is 4.79 Å². The number of thioether (sulfide) groups is 1. The number of aromatic nitrogens is 4. The number of aromatic amines is 1. The summed E-state index contributed by atoms with van der Waals surface area (Å²) in [6.07, 6.45) is 0. The smallest absolute Gasteiger partial charge is 0.230 e. The highest BCUT2D eigenvalue weighted by Crippen LogP contribution is 2.22. The number of carbonyl (C=O) groups excluding carboxylic acids is 1. The van der Waals surface area contributed by atoms with Crippen LogP contribution in [0.25, 0.3) is 11.0 Å². The molecule has 0 aliphatic carbocycles. The van der Waals surface area contributed by atoms with Crippen molar-refractivity contribution >= 4 is 40.3 Å². The summed E-state index contributed by atoms with van der Waals surface area (Å²) < 4.78 is 1.99. The lowest BCUT2D eigenvalue weighted by atomic mass is 10.2. The maximum Gasteiger partial charge on any atom is 0.230 e. The van der Waals surface area contributed by atoms with E-state index in [0.717, 1.165) is 28.0 Å². The van der Waals surface area contributed by atoms with Gasteiger partial charge in [0.2, 0.25) is 5.91 Å². The van der Waals surface area contributed by atoms with Gasteiger partial charge in [0.25, 0.3) is 0 Å². The lowest BCUT2D eigenvalue weighted by molar-refractivity contribution is -0.118. The quantitative estimate of drug-likeness (QED) is 0.416. The molecule has 4 aromatic rings. The van der Waals surface area contributed by atoms with Crippen molar-refractivity contribution in [1.29, 1.82) is 0 Å². The molecule has 0 saturated carbocycles. The molecule has 0 aliphatic heterocycles. The van der Waals surface area contributed by atoms with E-state index in [1.54, 1.807) is 6.07 Å². The first-order chi connectivity index (χ1) is 14.5. The predicted octanol–water partition coefficient (Wildman–Crippen LogP) is 4.49. The zero-order valence-corrected chi connectivity index (χ0v) is 18.3. The van der Waals surface area contributed by atoms with Crippen LogP contribution in [0.4, 0.5) is 0 Å². The Morgan fingerprint density at radius 3 is 2.80 bits per heavy atom. The van der Waals surface area contributed by atoms with Crippen molar-refractivity contribution in [3.05, 3.63) is 76.1 Å². The molecule has 154 valence electrons. The van der Waals surface area contributed by atoms with Crippen molar-refractivity contribution in [2.75, 3.05) is 5.75 Å². The summed E-state index contributed by atoms with van der Waals surface area (Å²) in [6, 6.07) is 15.7. The number of nitrogens with one attached hydrogen (secondary N) is 2. The molecule has 6 nitrogen and oxygen atoms in total. The van der Waals surface area contributed by atoms with Crippen molar-refractivity contribution in [2.24, 2.45) is 0 Å². The van der Waals surface area contributed by atoms with E-state index in [2.05, 4.69) is 32.5 Å². The standard InChI is InChI=1S/C22H22ClN5OS/c1-14-18(15(2)28(27-14)12-16-6-4-3-5-7-16)11-24-21(29)13-30-22-25-19-9-8-17(23)10-20(19)26-22/h3-10H,11-13H2,1-2H3,(H,24,29)(H,25,26). The fourth-order valence-corrected chi connectivity index (χ4v) is 4.19. The first-order valence-corrected chi connectivity index (χ1v) is 11.0. The molecule has 0 radical (unpaired) electrons. The first kappa shape index (κ1) is 20.5. The van der Waals surface area contributed by atoms with Crippen LogP contribution in [-0.4, -0.2) is 31.4 Å². The molecule has 0 bridgehead atoms. The average molecular weight is 440 g/mol. The lowest BCUT2D eigenvalue weighted by Crippen LogP contribution is -2.25. The second-order valence-electron chi connectivity index (χ2n) is 7.06. The molecule has 4 rings (SSSR count). The highest BCUT2D eigenvalue weighted by Gasteiger charge is 2.13. The van der Waals surface area contributed by atoms with Crippen LogP contribution in [0.15, 0.2) is 53.7 Å². The summed E-state index contributed by atoms with van der Waals surface area (Å²) in [5, 5.41) is 8.99. The molecule has 0 saturated heterocycles. The number of hydrogen-bond acceptors (Lipinski definition) is 4. The number of aryl methyl sites for hydroxylation is 1. The second-order valence-corrected chi connectivity index (χ2v) is 8.46. The van der Waals surface area contributed by atoms with Crippen LogP contribution in [0, 0.1) is 13.8 Å². The molecular weight excluding hydrogens is 418 g/mol. The molecule has 8 heteroatoms. The Labute approximate surface area is 184 Å². The highest BCUT2D eigenvalue weighted by molar-refractivity contribution is 7.99. The Balaban J connectivity index is 1.34. The maximum absolute atomic E-state index is 12.4. The average Bonchev–Trinajstić information content (AvgIpc) is 3.25. The van der Waals surface area contributed by atoms with E-state index in [4.69, 9.17) is 11.6 Å². The molecule has 0 unspecified atom stereocenters. The number of halogens is 1. The van der Waals surface area contributed by atoms with Crippen molar-refractivity contribution in [2.45, 2.75) is 32.1 Å². The molecule has 0 spiro atoms. The summed E-state index contributed by atoms with van der Waals surface area (Å²) in [7, 11) is 0. The zero-order valence-electron chi connectivity index (χ0n) is 16.8. The Bertz CT molecular complexity index is 1190. The van der Waals surface area contributed by atoms with Gasteiger partial charge in [0.05, 0.1) is 29.0 Å². The number of benzene rings is 2. The van der Waals surface area contributed by atoms with Gasteiger partial charge in [0, 0.05) is 22.8 Å². The van der Waals surface area contributed by atoms with E-state index < -0.39 is 0 Å². The van der Waals surface area contributed by atoms with Crippen LogP contribution >= 0.6 is 23.4 Å². The maximum atomic E-state index is 12.4. The number of rotatable bonds is 7. The number of amides is 1. The van der Waals surface area contributed by atoms with E-state index in [1.807, 2.05) is 48.9 Å². The van der Waals surface area contributed by atoms with Crippen molar-refractivity contribution in [1.82, 2.24) is 25.1 Å². The second kappa shape index (κ2) is 8.93. The van der Waals surface area contributed by atoms with Gasteiger partial charge in [0.15, 0.2) is 5.16 Å². The minimum Gasteiger partial charge on any atom is -0.351 e. The number of nitrogens with zero attached hydrogens (tertiary/aromatic N) is 3. The van der Waals surface area contributed by atoms with Crippen LogP contribution in [0.5, 0.6) is 0 Å². The predicted molar refractivity (Wildman–Crippen MR) is 121 cm³/mol. The summed E-state index contributed by atoms with van der Waals surface area (Å²) in [5.41, 5.74) is 5.95. The third-order valence-electron chi connectivity index (χ3n) is 4.93. The van der Waals surface area contributed by atoms with E-state index in [0.29, 0.717) is 23.3 Å². The SMILES string of the molecule is Cc1nn(Cc2ccccc2)c(C)c1CNC(=O)CSc1nc2ccc(Cl)cc2[nH]1. The number of H-pyrrole nitrogens is 1. The number of carbonyl (C=O) groups is 1. The molecular formula is C22H22ClN5OS.